The molecule has 1 aliphatic rings. The van der Waals surface area contributed by atoms with Gasteiger partial charge in [0.05, 0.1) is 16.0 Å². The van der Waals surface area contributed by atoms with Gasteiger partial charge in [-0.2, -0.15) is 8.42 Å². The Hall–Kier alpha value is -1.37. The number of rotatable bonds is 1. The summed E-state index contributed by atoms with van der Waals surface area (Å²) in [6.07, 6.45) is 1.05. The normalized spacial score (nSPS) is 12.9. The quantitative estimate of drug-likeness (QED) is 0.778. The summed E-state index contributed by atoms with van der Waals surface area (Å²) in [7, 11) is -4.02. The van der Waals surface area contributed by atoms with Crippen molar-refractivity contribution < 1.29 is 17.7 Å². The molecule has 0 unspecified atom stereocenters. The topological polar surface area (TPSA) is 63.6 Å². The van der Waals surface area contributed by atoms with Gasteiger partial charge in [0.2, 0.25) is 0 Å². The van der Waals surface area contributed by atoms with Gasteiger partial charge >= 0.3 is 0 Å². The lowest BCUT2D eigenvalue weighted by atomic mass is 10.2. The lowest BCUT2D eigenvalue weighted by Gasteiger charge is -1.99. The second-order valence-corrected chi connectivity index (χ2v) is 6.89. The fourth-order valence-corrected chi connectivity index (χ4v) is 2.89. The van der Waals surface area contributed by atoms with Crippen molar-refractivity contribution in [2.75, 3.05) is 6.61 Å². The highest BCUT2D eigenvalue weighted by atomic mass is 79.9. The molecule has 0 aliphatic carbocycles. The van der Waals surface area contributed by atoms with Crippen molar-refractivity contribution in [1.29, 1.82) is 0 Å². The molecule has 1 heterocycles. The minimum atomic E-state index is -4.02. The fraction of sp³-hybridized carbons (Fsp3) is 0.200. The van der Waals surface area contributed by atoms with Gasteiger partial charge in [-0.25, -0.2) is 0 Å². The maximum Gasteiger partial charge on any atom is 0.294 e. The Morgan fingerprint density at radius 3 is 2.38 bits per heavy atom. The zero-order valence-electron chi connectivity index (χ0n) is 11.4. The molecule has 0 fully saturated rings. The smallest absolute Gasteiger partial charge is 0.294 e. The van der Waals surface area contributed by atoms with Crippen LogP contribution in [0.3, 0.4) is 0 Å². The van der Waals surface area contributed by atoms with Crippen LogP contribution < -0.4 is 4.74 Å². The molecule has 0 saturated heterocycles. The monoisotopic (exact) mass is 370 g/mol. The summed E-state index contributed by atoms with van der Waals surface area (Å²) in [4.78, 5) is -0.0666. The third-order valence-corrected chi connectivity index (χ3v) is 4.48. The highest BCUT2D eigenvalue weighted by molar-refractivity contribution is 9.10. The summed E-state index contributed by atoms with van der Waals surface area (Å²) in [6.45, 7) is 2.67. The largest absolute Gasteiger partial charge is 0.492 e. The molecule has 0 amide bonds. The van der Waals surface area contributed by atoms with Crippen molar-refractivity contribution >= 4 is 26.0 Å². The molecule has 1 aliphatic heterocycles. The van der Waals surface area contributed by atoms with Gasteiger partial charge in [0, 0.05) is 6.42 Å². The summed E-state index contributed by atoms with van der Waals surface area (Å²) >= 11 is 3.42. The third kappa shape index (κ3) is 4.30. The number of para-hydroxylation sites is 1. The molecule has 0 atom stereocenters. The van der Waals surface area contributed by atoms with E-state index in [-0.39, 0.29) is 4.90 Å². The van der Waals surface area contributed by atoms with E-state index in [4.69, 9.17) is 9.29 Å². The number of fused-ring (bicyclic) bond motifs is 1. The molecule has 0 bridgehead atoms. The molecule has 2 aromatic rings. The van der Waals surface area contributed by atoms with Gasteiger partial charge in [-0.3, -0.25) is 4.55 Å². The molecule has 0 radical (unpaired) electrons. The van der Waals surface area contributed by atoms with Crippen molar-refractivity contribution in [2.45, 2.75) is 18.2 Å². The average molecular weight is 371 g/mol. The fourth-order valence-electron chi connectivity index (χ4n) is 1.89. The van der Waals surface area contributed by atoms with E-state index in [1.807, 2.05) is 19.1 Å². The van der Waals surface area contributed by atoms with Crippen LogP contribution in [-0.4, -0.2) is 19.6 Å². The zero-order chi connectivity index (χ0) is 15.5. The van der Waals surface area contributed by atoms with Crippen LogP contribution in [0.15, 0.2) is 51.8 Å². The van der Waals surface area contributed by atoms with Crippen molar-refractivity contribution in [3.8, 4) is 5.75 Å². The van der Waals surface area contributed by atoms with E-state index in [2.05, 4.69) is 22.0 Å². The predicted octanol–water partition coefficient (Wildman–Crippen LogP) is 3.63. The summed E-state index contributed by atoms with van der Waals surface area (Å²) < 4.78 is 36.0. The van der Waals surface area contributed by atoms with Crippen molar-refractivity contribution in [3.05, 3.63) is 58.1 Å². The minimum absolute atomic E-state index is 0.0666. The summed E-state index contributed by atoms with van der Waals surface area (Å²) in [5.41, 5.74) is 2.27. The first-order chi connectivity index (χ1) is 9.88. The lowest BCUT2D eigenvalue weighted by molar-refractivity contribution is 0.355. The molecule has 1 N–H and O–H groups in total. The molecule has 0 aromatic heterocycles. The third-order valence-electron chi connectivity index (χ3n) is 2.99. The van der Waals surface area contributed by atoms with Crippen LogP contribution in [0.1, 0.15) is 11.1 Å². The Morgan fingerprint density at radius 1 is 1.14 bits per heavy atom. The van der Waals surface area contributed by atoms with E-state index in [1.54, 1.807) is 12.1 Å². The van der Waals surface area contributed by atoms with Gasteiger partial charge in [0.1, 0.15) is 5.75 Å². The molecule has 0 saturated carbocycles. The van der Waals surface area contributed by atoms with Crippen LogP contribution in [0.5, 0.6) is 5.75 Å². The Kier molecular flexibility index (Phi) is 5.03. The predicted molar refractivity (Wildman–Crippen MR) is 84.3 cm³/mol. The first-order valence-electron chi connectivity index (χ1n) is 6.32. The van der Waals surface area contributed by atoms with Crippen molar-refractivity contribution in [2.24, 2.45) is 0 Å². The second-order valence-electron chi connectivity index (χ2n) is 4.61. The number of hydrogen-bond acceptors (Lipinski definition) is 3. The lowest BCUT2D eigenvalue weighted by Crippen LogP contribution is -1.96. The number of benzene rings is 2. The van der Waals surface area contributed by atoms with Gasteiger partial charge in [0.15, 0.2) is 0 Å². The minimum Gasteiger partial charge on any atom is -0.492 e. The van der Waals surface area contributed by atoms with Crippen LogP contribution in [0.2, 0.25) is 0 Å². The molecular weight excluding hydrogens is 356 g/mol. The maximum absolute atomic E-state index is 10.5. The number of halogens is 1. The van der Waals surface area contributed by atoms with Gasteiger partial charge in [0.25, 0.3) is 10.1 Å². The van der Waals surface area contributed by atoms with E-state index in [9.17, 15) is 8.42 Å². The zero-order valence-corrected chi connectivity index (χ0v) is 13.8. The van der Waals surface area contributed by atoms with Gasteiger partial charge in [-0.05, 0) is 46.6 Å². The summed E-state index contributed by atoms with van der Waals surface area (Å²) in [5, 5.41) is 0. The Morgan fingerprint density at radius 2 is 1.81 bits per heavy atom. The Bertz CT molecular complexity index is 724. The van der Waals surface area contributed by atoms with Gasteiger partial charge in [-0.1, -0.05) is 29.8 Å². The second kappa shape index (κ2) is 6.60. The number of hydrogen-bond donors (Lipinski definition) is 1. The number of ether oxygens (including phenoxy) is 1. The van der Waals surface area contributed by atoms with Gasteiger partial charge in [-0.15, -0.1) is 0 Å². The molecular formula is C15H15BrO4S. The van der Waals surface area contributed by atoms with E-state index in [0.29, 0.717) is 0 Å². The van der Waals surface area contributed by atoms with E-state index >= 15 is 0 Å². The summed E-state index contributed by atoms with van der Waals surface area (Å²) in [6, 6.07) is 12.1. The Balaban J connectivity index is 0.000000154. The van der Waals surface area contributed by atoms with Gasteiger partial charge < -0.3 is 4.74 Å². The molecule has 21 heavy (non-hydrogen) atoms. The molecule has 6 heteroatoms. The number of aryl methyl sites for hydroxylation is 1. The van der Waals surface area contributed by atoms with E-state index < -0.39 is 10.1 Å². The van der Waals surface area contributed by atoms with Crippen LogP contribution in [0, 0.1) is 6.92 Å². The molecule has 2 aromatic carbocycles. The standard InChI is InChI=1S/C8H7BrO.C7H8O3S/c9-7-3-1-2-6-4-5-10-8(6)7;1-6-2-4-7(5-3-6)11(8,9)10/h1-3H,4-5H2;2-5H,1H3,(H,8,9,10). The average Bonchev–Trinajstić information content (AvgIpc) is 2.89. The summed E-state index contributed by atoms with van der Waals surface area (Å²) in [5.74, 6) is 1.03. The molecule has 4 nitrogen and oxygen atoms in total. The highest BCUT2D eigenvalue weighted by Gasteiger charge is 2.13. The van der Waals surface area contributed by atoms with Crippen LogP contribution in [0.4, 0.5) is 0 Å². The molecule has 3 rings (SSSR count). The maximum atomic E-state index is 10.5. The van der Waals surface area contributed by atoms with Crippen molar-refractivity contribution in [3.63, 3.8) is 0 Å². The van der Waals surface area contributed by atoms with Crippen molar-refractivity contribution in [1.82, 2.24) is 0 Å². The Labute approximate surface area is 132 Å². The van der Waals surface area contributed by atoms with Crippen LogP contribution in [-0.2, 0) is 16.5 Å². The molecule has 112 valence electrons. The van der Waals surface area contributed by atoms with Crippen LogP contribution in [0.25, 0.3) is 0 Å². The van der Waals surface area contributed by atoms with E-state index in [0.717, 1.165) is 28.8 Å². The molecule has 0 spiro atoms. The highest BCUT2D eigenvalue weighted by Crippen LogP contribution is 2.32. The first-order valence-corrected chi connectivity index (χ1v) is 8.55. The van der Waals surface area contributed by atoms with E-state index in [1.165, 1.54) is 17.7 Å². The SMILES string of the molecule is Brc1cccc2c1OCC2.Cc1ccc(S(=O)(=O)O)cc1. The first kappa shape index (κ1) is 16.0. The van der Waals surface area contributed by atoms with Crippen LogP contribution >= 0.6 is 15.9 Å².